The predicted molar refractivity (Wildman–Crippen MR) is 77.5 cm³/mol. The van der Waals surface area contributed by atoms with Crippen LogP contribution in [0.5, 0.6) is 5.75 Å². The molecule has 0 fully saturated rings. The number of ether oxygens (including phenoxy) is 2. The van der Waals surface area contributed by atoms with Gasteiger partial charge in [0.15, 0.2) is 0 Å². The third-order valence-electron chi connectivity index (χ3n) is 2.59. The number of nitrogens with two attached hydrogens (primary N) is 2. The first-order chi connectivity index (χ1) is 9.72. The Morgan fingerprint density at radius 1 is 1.30 bits per heavy atom. The fourth-order valence-electron chi connectivity index (χ4n) is 1.59. The van der Waals surface area contributed by atoms with Gasteiger partial charge in [0, 0.05) is 5.56 Å². The molecule has 0 amide bonds. The number of rotatable bonds is 6. The van der Waals surface area contributed by atoms with Crippen LogP contribution in [-0.2, 0) is 4.74 Å². The molecule has 0 spiro atoms. The largest absolute Gasteiger partial charge is 0.494 e. The van der Waals surface area contributed by atoms with Crippen LogP contribution in [0.2, 0.25) is 0 Å². The predicted octanol–water partition coefficient (Wildman–Crippen LogP) is 0.901. The second-order valence-corrected chi connectivity index (χ2v) is 4.05. The van der Waals surface area contributed by atoms with E-state index in [1.165, 1.54) is 7.11 Å². The van der Waals surface area contributed by atoms with Gasteiger partial charge < -0.3 is 20.9 Å². The van der Waals surface area contributed by atoms with Crippen molar-refractivity contribution in [1.82, 2.24) is 0 Å². The Bertz CT molecular complexity index is 504. The number of benzene rings is 1. The summed E-state index contributed by atoms with van der Waals surface area (Å²) in [6.45, 7) is 1.46. The van der Waals surface area contributed by atoms with Crippen molar-refractivity contribution in [1.29, 1.82) is 0 Å². The van der Waals surface area contributed by atoms with Gasteiger partial charge in [-0.1, -0.05) is 11.8 Å². The first-order valence-corrected chi connectivity index (χ1v) is 6.47. The molecular weight excluding hydrogens is 256 g/mol. The Balaban J connectivity index is 2.87. The zero-order valence-corrected chi connectivity index (χ0v) is 11.6. The van der Waals surface area contributed by atoms with E-state index in [1.54, 1.807) is 18.2 Å². The molecule has 5 nitrogen and oxygen atoms in total. The molecule has 4 N–H and O–H groups in total. The highest BCUT2D eigenvalue weighted by Crippen LogP contribution is 2.18. The molecule has 0 aliphatic heterocycles. The van der Waals surface area contributed by atoms with E-state index in [4.69, 9.17) is 20.9 Å². The van der Waals surface area contributed by atoms with Gasteiger partial charge in [0.25, 0.3) is 0 Å². The maximum absolute atomic E-state index is 11.6. The lowest BCUT2D eigenvalue weighted by molar-refractivity contribution is 0.0600. The standard InChI is InChI=1S/C15H20N2O3/c1-19-15(18)14-7-6-13(20-10-3-2-8-16)11-12(14)5-4-9-17/h6-7,11H,2-3,8-10,16-17H2,1H3. The summed E-state index contributed by atoms with van der Waals surface area (Å²) in [6.07, 6.45) is 1.80. The quantitative estimate of drug-likeness (QED) is 0.458. The summed E-state index contributed by atoms with van der Waals surface area (Å²) in [5.74, 6) is 5.81. The van der Waals surface area contributed by atoms with Crippen molar-refractivity contribution in [2.75, 3.05) is 26.8 Å². The first kappa shape index (κ1) is 16.0. The Morgan fingerprint density at radius 3 is 2.75 bits per heavy atom. The van der Waals surface area contributed by atoms with Crippen molar-refractivity contribution < 1.29 is 14.3 Å². The summed E-state index contributed by atoms with van der Waals surface area (Å²) in [7, 11) is 1.33. The van der Waals surface area contributed by atoms with Crippen molar-refractivity contribution in [3.63, 3.8) is 0 Å². The van der Waals surface area contributed by atoms with Gasteiger partial charge in [0.2, 0.25) is 0 Å². The Hall–Kier alpha value is -2.03. The van der Waals surface area contributed by atoms with E-state index < -0.39 is 5.97 Å². The van der Waals surface area contributed by atoms with Crippen molar-refractivity contribution in [3.05, 3.63) is 29.3 Å². The number of carbonyl (C=O) groups is 1. The van der Waals surface area contributed by atoms with E-state index in [2.05, 4.69) is 11.8 Å². The van der Waals surface area contributed by atoms with Gasteiger partial charge in [-0.2, -0.15) is 0 Å². The van der Waals surface area contributed by atoms with Crippen LogP contribution in [0.4, 0.5) is 0 Å². The maximum Gasteiger partial charge on any atom is 0.339 e. The lowest BCUT2D eigenvalue weighted by Crippen LogP contribution is -2.06. The number of esters is 1. The highest BCUT2D eigenvalue weighted by atomic mass is 16.5. The molecule has 0 aromatic heterocycles. The molecule has 1 rings (SSSR count). The SMILES string of the molecule is COC(=O)c1ccc(OCCCCN)cc1C#CCN. The van der Waals surface area contributed by atoms with Gasteiger partial charge in [0.05, 0.1) is 25.8 Å². The lowest BCUT2D eigenvalue weighted by atomic mass is 10.1. The molecule has 0 bridgehead atoms. The highest BCUT2D eigenvalue weighted by molar-refractivity contribution is 5.92. The van der Waals surface area contributed by atoms with E-state index in [0.29, 0.717) is 30.0 Å². The first-order valence-electron chi connectivity index (χ1n) is 6.47. The molecule has 0 aliphatic carbocycles. The van der Waals surface area contributed by atoms with Crippen molar-refractivity contribution in [2.45, 2.75) is 12.8 Å². The van der Waals surface area contributed by atoms with Crippen LogP contribution in [0, 0.1) is 11.8 Å². The molecule has 20 heavy (non-hydrogen) atoms. The lowest BCUT2D eigenvalue weighted by Gasteiger charge is -2.08. The fourth-order valence-corrected chi connectivity index (χ4v) is 1.59. The number of hydrogen-bond donors (Lipinski definition) is 2. The summed E-state index contributed by atoms with van der Waals surface area (Å²) in [6, 6.07) is 5.09. The molecular formula is C15H20N2O3. The van der Waals surface area contributed by atoms with Crippen LogP contribution in [0.3, 0.4) is 0 Å². The maximum atomic E-state index is 11.6. The molecule has 0 saturated carbocycles. The summed E-state index contributed by atoms with van der Waals surface area (Å²) < 4.78 is 10.3. The third-order valence-corrected chi connectivity index (χ3v) is 2.59. The van der Waals surface area contributed by atoms with Crippen LogP contribution >= 0.6 is 0 Å². The number of hydrogen-bond acceptors (Lipinski definition) is 5. The van der Waals surface area contributed by atoms with Crippen LogP contribution in [-0.4, -0.2) is 32.8 Å². The van der Waals surface area contributed by atoms with Crippen LogP contribution in [0.1, 0.15) is 28.8 Å². The third kappa shape index (κ3) is 4.92. The van der Waals surface area contributed by atoms with Crippen molar-refractivity contribution >= 4 is 5.97 Å². The Kier molecular flexibility index (Phi) is 7.18. The highest BCUT2D eigenvalue weighted by Gasteiger charge is 2.11. The van der Waals surface area contributed by atoms with Gasteiger partial charge in [-0.3, -0.25) is 0 Å². The summed E-state index contributed by atoms with van der Waals surface area (Å²) >= 11 is 0. The second kappa shape index (κ2) is 8.97. The molecule has 1 aromatic rings. The van der Waals surface area contributed by atoms with E-state index >= 15 is 0 Å². The minimum Gasteiger partial charge on any atom is -0.494 e. The van der Waals surface area contributed by atoms with E-state index in [9.17, 15) is 4.79 Å². The van der Waals surface area contributed by atoms with Gasteiger partial charge >= 0.3 is 5.97 Å². The smallest absolute Gasteiger partial charge is 0.339 e. The van der Waals surface area contributed by atoms with Crippen LogP contribution in [0.25, 0.3) is 0 Å². The van der Waals surface area contributed by atoms with Gasteiger partial charge in [-0.15, -0.1) is 0 Å². The molecule has 5 heteroatoms. The number of unbranched alkanes of at least 4 members (excludes halogenated alkanes) is 1. The molecule has 0 unspecified atom stereocenters. The minimum atomic E-state index is -0.430. The fraction of sp³-hybridized carbons (Fsp3) is 0.400. The molecule has 0 saturated heterocycles. The monoisotopic (exact) mass is 276 g/mol. The zero-order chi connectivity index (χ0) is 14.8. The van der Waals surface area contributed by atoms with E-state index in [-0.39, 0.29) is 6.54 Å². The molecule has 0 atom stereocenters. The minimum absolute atomic E-state index is 0.224. The Morgan fingerprint density at radius 2 is 2.10 bits per heavy atom. The number of methoxy groups -OCH3 is 1. The van der Waals surface area contributed by atoms with Gasteiger partial charge in [-0.05, 0) is 37.6 Å². The Labute approximate surface area is 119 Å². The molecule has 1 aromatic carbocycles. The molecule has 0 heterocycles. The summed E-state index contributed by atoms with van der Waals surface area (Å²) in [4.78, 5) is 11.6. The van der Waals surface area contributed by atoms with Crippen molar-refractivity contribution in [3.8, 4) is 17.6 Å². The average Bonchev–Trinajstić information content (AvgIpc) is 2.49. The van der Waals surface area contributed by atoms with Crippen LogP contribution in [0.15, 0.2) is 18.2 Å². The summed E-state index contributed by atoms with van der Waals surface area (Å²) in [5.41, 5.74) is 11.7. The van der Waals surface area contributed by atoms with E-state index in [1.807, 2.05) is 0 Å². The zero-order valence-electron chi connectivity index (χ0n) is 11.6. The normalized spacial score (nSPS) is 9.55. The van der Waals surface area contributed by atoms with E-state index in [0.717, 1.165) is 12.8 Å². The van der Waals surface area contributed by atoms with Crippen LogP contribution < -0.4 is 16.2 Å². The molecule has 108 valence electrons. The average molecular weight is 276 g/mol. The van der Waals surface area contributed by atoms with Crippen molar-refractivity contribution in [2.24, 2.45) is 11.5 Å². The topological polar surface area (TPSA) is 87.6 Å². The molecule has 0 aliphatic rings. The van der Waals surface area contributed by atoms with Gasteiger partial charge in [-0.25, -0.2) is 4.79 Å². The second-order valence-electron chi connectivity index (χ2n) is 4.05. The van der Waals surface area contributed by atoms with Gasteiger partial charge in [0.1, 0.15) is 5.75 Å². The molecule has 0 radical (unpaired) electrons. The summed E-state index contributed by atoms with van der Waals surface area (Å²) in [5, 5.41) is 0. The number of carbonyl (C=O) groups excluding carboxylic acids is 1.